The van der Waals surface area contributed by atoms with Crippen molar-refractivity contribution in [3.8, 4) is 5.75 Å². The van der Waals surface area contributed by atoms with Crippen LogP contribution in [-0.4, -0.2) is 23.7 Å². The highest BCUT2D eigenvalue weighted by atomic mass is 16.5. The molecule has 1 saturated carbocycles. The predicted molar refractivity (Wildman–Crippen MR) is 81.1 cm³/mol. The van der Waals surface area contributed by atoms with Crippen molar-refractivity contribution in [1.82, 2.24) is 10.4 Å². The summed E-state index contributed by atoms with van der Waals surface area (Å²) in [5.41, 5.74) is 6.06. The number of methoxy groups -OCH3 is 1. The van der Waals surface area contributed by atoms with Crippen molar-refractivity contribution in [2.45, 2.75) is 12.8 Å². The van der Waals surface area contributed by atoms with E-state index in [2.05, 4.69) is 15.5 Å². The van der Waals surface area contributed by atoms with Crippen LogP contribution >= 0.6 is 0 Å². The molecule has 0 unspecified atom stereocenters. The largest absolute Gasteiger partial charge is 0.497 e. The second kappa shape index (κ2) is 4.48. The quantitative estimate of drug-likeness (QED) is 0.849. The number of carbonyl (C=O) groups excluding carboxylic acids is 1. The van der Waals surface area contributed by atoms with Crippen LogP contribution < -0.4 is 10.2 Å². The number of amides is 1. The van der Waals surface area contributed by atoms with Crippen LogP contribution in [-0.2, 0) is 4.79 Å². The molecule has 2 aliphatic rings. The Bertz CT molecular complexity index is 797. The molecule has 2 heterocycles. The summed E-state index contributed by atoms with van der Waals surface area (Å²) in [7, 11) is 1.65. The van der Waals surface area contributed by atoms with E-state index >= 15 is 0 Å². The van der Waals surface area contributed by atoms with Gasteiger partial charge >= 0.3 is 0 Å². The standard InChI is InChI=1S/C16H15N3O2/c1-21-12-4-5-14-10(7-12)6-11(17-14)8-13-15(9-2-3-9)18-19-16(13)20/h4-9,17H,2-3H2,1H3,(H,19,20)/b13-8-. The molecule has 1 aliphatic heterocycles. The molecule has 1 fully saturated rings. The highest BCUT2D eigenvalue weighted by Gasteiger charge is 2.35. The first-order valence-corrected chi connectivity index (χ1v) is 7.01. The van der Waals surface area contributed by atoms with Crippen LogP contribution in [0.15, 0.2) is 34.9 Å². The van der Waals surface area contributed by atoms with Gasteiger partial charge in [-0.25, -0.2) is 5.43 Å². The van der Waals surface area contributed by atoms with E-state index in [9.17, 15) is 4.79 Å². The number of H-pyrrole nitrogens is 1. The average Bonchev–Trinajstić information content (AvgIpc) is 3.16. The fourth-order valence-corrected chi connectivity index (χ4v) is 2.65. The molecule has 1 aromatic carbocycles. The number of aromatic amines is 1. The number of carbonyl (C=O) groups is 1. The lowest BCUT2D eigenvalue weighted by molar-refractivity contribution is -0.116. The molecule has 5 heteroatoms. The molecule has 0 spiro atoms. The molecule has 2 N–H and O–H groups in total. The summed E-state index contributed by atoms with van der Waals surface area (Å²) in [6, 6.07) is 7.87. The zero-order chi connectivity index (χ0) is 14.4. The zero-order valence-electron chi connectivity index (χ0n) is 11.6. The number of hydrogen-bond acceptors (Lipinski definition) is 3. The number of aromatic nitrogens is 1. The molecule has 1 amide bonds. The predicted octanol–water partition coefficient (Wildman–Crippen LogP) is 2.46. The van der Waals surface area contributed by atoms with Gasteiger partial charge in [0.15, 0.2) is 0 Å². The molecule has 1 aliphatic carbocycles. The molecule has 21 heavy (non-hydrogen) atoms. The lowest BCUT2D eigenvalue weighted by Crippen LogP contribution is -2.13. The SMILES string of the molecule is COc1ccc2[nH]c(/C=C3\C(=O)NN=C3C3CC3)cc2c1. The smallest absolute Gasteiger partial charge is 0.273 e. The minimum atomic E-state index is -0.117. The van der Waals surface area contributed by atoms with E-state index in [0.717, 1.165) is 40.9 Å². The maximum absolute atomic E-state index is 11.9. The minimum Gasteiger partial charge on any atom is -0.497 e. The average molecular weight is 281 g/mol. The van der Waals surface area contributed by atoms with Crippen LogP contribution in [0.1, 0.15) is 18.5 Å². The maximum atomic E-state index is 11.9. The molecule has 0 radical (unpaired) electrons. The normalized spacial score (nSPS) is 20.0. The van der Waals surface area contributed by atoms with Crippen LogP contribution in [0.5, 0.6) is 5.75 Å². The van der Waals surface area contributed by atoms with Gasteiger partial charge < -0.3 is 9.72 Å². The summed E-state index contributed by atoms with van der Waals surface area (Å²) in [6.45, 7) is 0. The van der Waals surface area contributed by atoms with Crippen molar-refractivity contribution in [3.05, 3.63) is 35.5 Å². The number of hydrogen-bond donors (Lipinski definition) is 2. The van der Waals surface area contributed by atoms with Crippen LogP contribution in [0.2, 0.25) is 0 Å². The van der Waals surface area contributed by atoms with E-state index in [1.165, 1.54) is 0 Å². The Morgan fingerprint density at radius 3 is 2.95 bits per heavy atom. The molecule has 0 atom stereocenters. The number of nitrogens with one attached hydrogen (secondary N) is 2. The summed E-state index contributed by atoms with van der Waals surface area (Å²) in [4.78, 5) is 15.2. The van der Waals surface area contributed by atoms with Crippen LogP contribution in [0, 0.1) is 5.92 Å². The zero-order valence-corrected chi connectivity index (χ0v) is 11.6. The number of hydrazone groups is 1. The van der Waals surface area contributed by atoms with Crippen molar-refractivity contribution in [1.29, 1.82) is 0 Å². The monoisotopic (exact) mass is 281 g/mol. The van der Waals surface area contributed by atoms with Gasteiger partial charge in [-0.3, -0.25) is 4.79 Å². The molecule has 1 aromatic heterocycles. The van der Waals surface area contributed by atoms with E-state index in [4.69, 9.17) is 4.74 Å². The van der Waals surface area contributed by atoms with Crippen LogP contribution in [0.4, 0.5) is 0 Å². The maximum Gasteiger partial charge on any atom is 0.273 e. The summed E-state index contributed by atoms with van der Waals surface area (Å²) in [6.07, 6.45) is 4.12. The van der Waals surface area contributed by atoms with Gasteiger partial charge in [-0.1, -0.05) is 0 Å². The molecule has 0 saturated heterocycles. The lowest BCUT2D eigenvalue weighted by Gasteiger charge is -1.97. The van der Waals surface area contributed by atoms with Crippen LogP contribution in [0.25, 0.3) is 17.0 Å². The Morgan fingerprint density at radius 2 is 2.19 bits per heavy atom. The fraction of sp³-hybridized carbons (Fsp3) is 0.250. The van der Waals surface area contributed by atoms with Gasteiger partial charge in [-0.2, -0.15) is 5.10 Å². The number of fused-ring (bicyclic) bond motifs is 1. The van der Waals surface area contributed by atoms with E-state index in [0.29, 0.717) is 11.5 Å². The first kappa shape index (κ1) is 12.2. The van der Waals surface area contributed by atoms with E-state index < -0.39 is 0 Å². The van der Waals surface area contributed by atoms with Gasteiger partial charge in [-0.15, -0.1) is 0 Å². The summed E-state index contributed by atoms with van der Waals surface area (Å²) >= 11 is 0. The summed E-state index contributed by atoms with van der Waals surface area (Å²) < 4.78 is 5.23. The third-order valence-corrected chi connectivity index (χ3v) is 3.91. The van der Waals surface area contributed by atoms with Gasteiger partial charge in [0, 0.05) is 22.5 Å². The Labute approximate surface area is 121 Å². The number of rotatable bonds is 3. The van der Waals surface area contributed by atoms with Crippen molar-refractivity contribution >= 4 is 28.6 Å². The molecule has 2 aromatic rings. The highest BCUT2D eigenvalue weighted by Crippen LogP contribution is 2.35. The number of benzene rings is 1. The molecular formula is C16H15N3O2. The Hall–Kier alpha value is -2.56. The first-order valence-electron chi connectivity index (χ1n) is 7.01. The lowest BCUT2D eigenvalue weighted by atomic mass is 10.1. The molecule has 5 nitrogen and oxygen atoms in total. The van der Waals surface area contributed by atoms with Crippen molar-refractivity contribution in [2.24, 2.45) is 11.0 Å². The van der Waals surface area contributed by atoms with Gasteiger partial charge in [0.25, 0.3) is 5.91 Å². The Balaban J connectivity index is 1.74. The summed E-state index contributed by atoms with van der Waals surface area (Å²) in [5, 5.41) is 5.21. The van der Waals surface area contributed by atoms with Gasteiger partial charge in [-0.05, 0) is 43.2 Å². The van der Waals surface area contributed by atoms with E-state index in [1.54, 1.807) is 7.11 Å². The number of nitrogens with zero attached hydrogens (tertiary/aromatic N) is 1. The van der Waals surface area contributed by atoms with E-state index in [-0.39, 0.29) is 5.91 Å². The van der Waals surface area contributed by atoms with Crippen LogP contribution in [0.3, 0.4) is 0 Å². The van der Waals surface area contributed by atoms with Crippen molar-refractivity contribution < 1.29 is 9.53 Å². The third-order valence-electron chi connectivity index (χ3n) is 3.91. The van der Waals surface area contributed by atoms with Crippen molar-refractivity contribution in [2.75, 3.05) is 7.11 Å². The molecule has 4 rings (SSSR count). The number of ether oxygens (including phenoxy) is 1. The Morgan fingerprint density at radius 1 is 1.33 bits per heavy atom. The topological polar surface area (TPSA) is 66.5 Å². The summed E-state index contributed by atoms with van der Waals surface area (Å²) in [5.74, 6) is 1.15. The third kappa shape index (κ3) is 2.11. The van der Waals surface area contributed by atoms with E-state index in [1.807, 2.05) is 30.3 Å². The van der Waals surface area contributed by atoms with Gasteiger partial charge in [0.05, 0.1) is 18.4 Å². The highest BCUT2D eigenvalue weighted by molar-refractivity contribution is 6.28. The first-order chi connectivity index (χ1) is 10.2. The molecule has 106 valence electrons. The second-order valence-corrected chi connectivity index (χ2v) is 5.45. The molecular weight excluding hydrogens is 266 g/mol. The van der Waals surface area contributed by atoms with Crippen molar-refractivity contribution in [3.63, 3.8) is 0 Å². The van der Waals surface area contributed by atoms with Gasteiger partial charge in [0.2, 0.25) is 0 Å². The second-order valence-electron chi connectivity index (χ2n) is 5.45. The fourth-order valence-electron chi connectivity index (χ4n) is 2.65. The minimum absolute atomic E-state index is 0.117. The molecule has 0 bridgehead atoms. The Kier molecular flexibility index (Phi) is 2.60. The van der Waals surface area contributed by atoms with Gasteiger partial charge in [0.1, 0.15) is 5.75 Å².